The molecule has 1 rings (SSSR count). The van der Waals surface area contributed by atoms with Gasteiger partial charge in [-0.05, 0) is 39.3 Å². The van der Waals surface area contributed by atoms with Crippen LogP contribution in [0.2, 0.25) is 0 Å². The zero-order valence-electron chi connectivity index (χ0n) is 8.52. The van der Waals surface area contributed by atoms with E-state index in [1.165, 1.54) is 6.07 Å². The van der Waals surface area contributed by atoms with Gasteiger partial charge in [0.2, 0.25) is 0 Å². The topological polar surface area (TPSA) is 9.23 Å². The monoisotopic (exact) mass is 182 g/mol. The molecule has 0 aliphatic carbocycles. The Morgan fingerprint density at radius 1 is 1.23 bits per heavy atom. The fraction of sp³-hybridized carbons (Fsp3) is 0.455. The summed E-state index contributed by atoms with van der Waals surface area (Å²) in [5, 5.41) is 0. The zero-order chi connectivity index (χ0) is 10.1. The van der Waals surface area contributed by atoms with Gasteiger partial charge in [0, 0.05) is 6.07 Å². The van der Waals surface area contributed by atoms with Crippen LogP contribution in [0.5, 0.6) is 5.75 Å². The Kier molecular flexibility index (Phi) is 2.60. The molecule has 0 amide bonds. The fourth-order valence-electron chi connectivity index (χ4n) is 0.991. The van der Waals surface area contributed by atoms with Crippen molar-refractivity contribution in [2.45, 2.75) is 33.3 Å². The molecular weight excluding hydrogens is 167 g/mol. The van der Waals surface area contributed by atoms with Crippen LogP contribution in [0.1, 0.15) is 26.3 Å². The molecule has 0 atom stereocenters. The van der Waals surface area contributed by atoms with E-state index in [4.69, 9.17) is 4.74 Å². The number of hydrogen-bond donors (Lipinski definition) is 0. The maximum Gasteiger partial charge on any atom is 0.129 e. The minimum absolute atomic E-state index is 0.221. The highest BCUT2D eigenvalue weighted by Crippen LogP contribution is 2.20. The molecule has 0 N–H and O–H groups in total. The van der Waals surface area contributed by atoms with Crippen molar-refractivity contribution in [1.82, 2.24) is 0 Å². The van der Waals surface area contributed by atoms with E-state index in [0.717, 1.165) is 0 Å². The minimum atomic E-state index is -0.276. The second-order valence-electron chi connectivity index (χ2n) is 4.13. The summed E-state index contributed by atoms with van der Waals surface area (Å²) in [7, 11) is 0. The second-order valence-corrected chi connectivity index (χ2v) is 4.13. The highest BCUT2D eigenvalue weighted by molar-refractivity contribution is 5.28. The summed E-state index contributed by atoms with van der Waals surface area (Å²) in [5.41, 5.74) is 0.364. The third kappa shape index (κ3) is 3.05. The quantitative estimate of drug-likeness (QED) is 0.647. The largest absolute Gasteiger partial charge is 0.488 e. The third-order valence-corrected chi connectivity index (χ3v) is 1.57. The molecule has 1 aromatic rings. The van der Waals surface area contributed by atoms with E-state index in [2.05, 4.69) is 0 Å². The van der Waals surface area contributed by atoms with E-state index in [1.807, 2.05) is 20.8 Å². The van der Waals surface area contributed by atoms with Crippen LogP contribution < -0.4 is 4.74 Å². The lowest BCUT2D eigenvalue weighted by Gasteiger charge is -2.21. The Bertz CT molecular complexity index is 299. The maximum atomic E-state index is 13.1. The first kappa shape index (κ1) is 10.0. The SMILES string of the molecule is Cc1ccc(OC(C)(C)C)cc1F. The average molecular weight is 182 g/mol. The highest BCUT2D eigenvalue weighted by Gasteiger charge is 2.12. The Morgan fingerprint density at radius 2 is 1.85 bits per heavy atom. The van der Waals surface area contributed by atoms with Gasteiger partial charge in [0.1, 0.15) is 17.2 Å². The summed E-state index contributed by atoms with van der Waals surface area (Å²) in [4.78, 5) is 0. The van der Waals surface area contributed by atoms with Crippen molar-refractivity contribution < 1.29 is 9.13 Å². The van der Waals surface area contributed by atoms with Gasteiger partial charge in [0.15, 0.2) is 0 Å². The predicted molar refractivity (Wildman–Crippen MR) is 51.5 cm³/mol. The lowest BCUT2D eigenvalue weighted by atomic mass is 10.2. The van der Waals surface area contributed by atoms with Crippen LogP contribution in [0.15, 0.2) is 18.2 Å². The third-order valence-electron chi connectivity index (χ3n) is 1.57. The molecule has 72 valence electrons. The molecule has 0 saturated carbocycles. The van der Waals surface area contributed by atoms with Crippen molar-refractivity contribution in [3.05, 3.63) is 29.6 Å². The molecule has 0 aromatic heterocycles. The number of hydrogen-bond acceptors (Lipinski definition) is 1. The lowest BCUT2D eigenvalue weighted by molar-refractivity contribution is 0.130. The summed E-state index contributed by atoms with van der Waals surface area (Å²) in [5.74, 6) is 0.359. The number of benzene rings is 1. The molecule has 13 heavy (non-hydrogen) atoms. The minimum Gasteiger partial charge on any atom is -0.488 e. The van der Waals surface area contributed by atoms with Crippen LogP contribution in [-0.4, -0.2) is 5.60 Å². The molecular formula is C11H15FO. The standard InChI is InChI=1S/C11H15FO/c1-8-5-6-9(7-10(8)12)13-11(2,3)4/h5-7H,1-4H3. The van der Waals surface area contributed by atoms with E-state index in [0.29, 0.717) is 11.3 Å². The van der Waals surface area contributed by atoms with E-state index in [-0.39, 0.29) is 11.4 Å². The molecule has 0 bridgehead atoms. The fourth-order valence-corrected chi connectivity index (χ4v) is 0.991. The summed E-state index contributed by atoms with van der Waals surface area (Å²) in [6, 6.07) is 4.92. The Labute approximate surface area is 78.5 Å². The number of aryl methyl sites for hydroxylation is 1. The first-order chi connectivity index (χ1) is 5.88. The second kappa shape index (κ2) is 3.36. The van der Waals surface area contributed by atoms with Crippen LogP contribution >= 0.6 is 0 Å². The predicted octanol–water partition coefficient (Wildman–Crippen LogP) is 3.31. The van der Waals surface area contributed by atoms with E-state index in [9.17, 15) is 4.39 Å². The van der Waals surface area contributed by atoms with Crippen LogP contribution in [0.25, 0.3) is 0 Å². The van der Waals surface area contributed by atoms with Gasteiger partial charge in [0.05, 0.1) is 0 Å². The van der Waals surface area contributed by atoms with E-state index >= 15 is 0 Å². The van der Waals surface area contributed by atoms with Gasteiger partial charge in [0.25, 0.3) is 0 Å². The zero-order valence-corrected chi connectivity index (χ0v) is 8.52. The van der Waals surface area contributed by atoms with Crippen molar-refractivity contribution in [2.24, 2.45) is 0 Å². The van der Waals surface area contributed by atoms with Gasteiger partial charge < -0.3 is 4.74 Å². The van der Waals surface area contributed by atoms with Crippen LogP contribution in [-0.2, 0) is 0 Å². The molecule has 1 nitrogen and oxygen atoms in total. The van der Waals surface area contributed by atoms with Crippen molar-refractivity contribution in [3.8, 4) is 5.75 Å². The van der Waals surface area contributed by atoms with Crippen LogP contribution in [0.4, 0.5) is 4.39 Å². The van der Waals surface area contributed by atoms with Gasteiger partial charge in [-0.25, -0.2) is 4.39 Å². The molecule has 0 spiro atoms. The van der Waals surface area contributed by atoms with Crippen LogP contribution in [0.3, 0.4) is 0 Å². The van der Waals surface area contributed by atoms with Gasteiger partial charge in [-0.3, -0.25) is 0 Å². The Balaban J connectivity index is 2.86. The first-order valence-electron chi connectivity index (χ1n) is 4.34. The normalized spacial score (nSPS) is 11.5. The van der Waals surface area contributed by atoms with Gasteiger partial charge in [-0.2, -0.15) is 0 Å². The molecule has 0 fully saturated rings. The van der Waals surface area contributed by atoms with E-state index in [1.54, 1.807) is 19.1 Å². The van der Waals surface area contributed by atoms with Gasteiger partial charge >= 0.3 is 0 Å². The Morgan fingerprint density at radius 3 is 2.31 bits per heavy atom. The Hall–Kier alpha value is -1.05. The number of rotatable bonds is 1. The highest BCUT2D eigenvalue weighted by atomic mass is 19.1. The van der Waals surface area contributed by atoms with Crippen LogP contribution in [0, 0.1) is 12.7 Å². The summed E-state index contributed by atoms with van der Waals surface area (Å²) >= 11 is 0. The average Bonchev–Trinajstić information content (AvgIpc) is 1.94. The molecule has 1 aromatic carbocycles. The van der Waals surface area contributed by atoms with Gasteiger partial charge in [-0.15, -0.1) is 0 Å². The number of halogens is 1. The molecule has 0 aliphatic heterocycles. The van der Waals surface area contributed by atoms with Crippen molar-refractivity contribution in [3.63, 3.8) is 0 Å². The first-order valence-corrected chi connectivity index (χ1v) is 4.34. The summed E-state index contributed by atoms with van der Waals surface area (Å²) in [6.45, 7) is 7.54. The molecule has 2 heteroatoms. The molecule has 0 aliphatic rings. The number of ether oxygens (including phenoxy) is 1. The van der Waals surface area contributed by atoms with E-state index < -0.39 is 0 Å². The van der Waals surface area contributed by atoms with Crippen molar-refractivity contribution in [1.29, 1.82) is 0 Å². The lowest BCUT2D eigenvalue weighted by Crippen LogP contribution is -2.22. The van der Waals surface area contributed by atoms with Crippen molar-refractivity contribution in [2.75, 3.05) is 0 Å². The summed E-state index contributed by atoms with van der Waals surface area (Å²) in [6.07, 6.45) is 0. The summed E-state index contributed by atoms with van der Waals surface area (Å²) < 4.78 is 18.6. The molecule has 0 radical (unpaired) electrons. The molecule has 0 unspecified atom stereocenters. The van der Waals surface area contributed by atoms with Gasteiger partial charge in [-0.1, -0.05) is 6.07 Å². The maximum absolute atomic E-state index is 13.1. The molecule has 0 saturated heterocycles. The smallest absolute Gasteiger partial charge is 0.129 e. The van der Waals surface area contributed by atoms with Crippen molar-refractivity contribution >= 4 is 0 Å². The molecule has 0 heterocycles.